The molecule has 0 aliphatic carbocycles. The third-order valence-corrected chi connectivity index (χ3v) is 5.14. The molecule has 1 unspecified atom stereocenters. The van der Waals surface area contributed by atoms with E-state index in [4.69, 9.17) is 0 Å². The molecular weight excluding hydrogens is 338 g/mol. The topological polar surface area (TPSA) is 61.4 Å². The van der Waals surface area contributed by atoms with E-state index in [-0.39, 0.29) is 11.8 Å². The van der Waals surface area contributed by atoms with E-state index in [0.29, 0.717) is 0 Å². The van der Waals surface area contributed by atoms with Crippen molar-refractivity contribution in [3.8, 4) is 0 Å². The van der Waals surface area contributed by atoms with Crippen molar-refractivity contribution >= 4 is 17.5 Å². The number of aromatic nitrogens is 2. The second-order valence-electron chi connectivity index (χ2n) is 6.90. The van der Waals surface area contributed by atoms with E-state index in [2.05, 4.69) is 32.3 Å². The molecule has 0 radical (unpaired) electrons. The smallest absolute Gasteiger partial charge is 0.227 e. The number of carbonyl (C=O) groups excluding carboxylic acids is 1. The van der Waals surface area contributed by atoms with Crippen LogP contribution < -0.4 is 10.2 Å². The highest BCUT2D eigenvalue weighted by Crippen LogP contribution is 2.24. The summed E-state index contributed by atoms with van der Waals surface area (Å²) in [6.07, 6.45) is 3.56. The van der Waals surface area contributed by atoms with Crippen molar-refractivity contribution in [3.05, 3.63) is 48.3 Å². The van der Waals surface area contributed by atoms with Crippen LogP contribution in [0.3, 0.4) is 0 Å². The molecule has 0 bridgehead atoms. The number of benzene rings is 1. The van der Waals surface area contributed by atoms with Crippen LogP contribution in [0.4, 0.5) is 11.6 Å². The Morgan fingerprint density at radius 1 is 1.22 bits per heavy atom. The van der Waals surface area contributed by atoms with Gasteiger partial charge >= 0.3 is 0 Å². The lowest BCUT2D eigenvalue weighted by molar-refractivity contribution is -0.135. The predicted octanol–water partition coefficient (Wildman–Crippen LogP) is 3.17. The predicted molar refractivity (Wildman–Crippen MR) is 109 cm³/mol. The molecule has 0 spiro atoms. The third kappa shape index (κ3) is 4.96. The van der Waals surface area contributed by atoms with E-state index in [9.17, 15) is 4.79 Å². The Balaban J connectivity index is 1.64. The first-order valence-electron chi connectivity index (χ1n) is 9.84. The van der Waals surface area contributed by atoms with Gasteiger partial charge in [-0.25, -0.2) is 9.97 Å². The minimum absolute atomic E-state index is 0.0503. The van der Waals surface area contributed by atoms with Gasteiger partial charge in [0.15, 0.2) is 0 Å². The van der Waals surface area contributed by atoms with Crippen LogP contribution in [-0.4, -0.2) is 47.0 Å². The molecule has 1 amide bonds. The van der Waals surface area contributed by atoms with Crippen LogP contribution in [0.5, 0.6) is 0 Å². The SMILES string of the molecule is CCN(CC)C(=O)C1CCCN(c2cc(NCc3ccccc3)ncn2)C1. The van der Waals surface area contributed by atoms with Gasteiger partial charge in [0.1, 0.15) is 18.0 Å². The number of hydrogen-bond donors (Lipinski definition) is 1. The molecule has 144 valence electrons. The first-order valence-corrected chi connectivity index (χ1v) is 9.84. The second kappa shape index (κ2) is 9.35. The average molecular weight is 367 g/mol. The van der Waals surface area contributed by atoms with Gasteiger partial charge in [-0.15, -0.1) is 0 Å². The van der Waals surface area contributed by atoms with Gasteiger partial charge in [0, 0.05) is 38.8 Å². The number of amides is 1. The van der Waals surface area contributed by atoms with Crippen molar-refractivity contribution in [3.63, 3.8) is 0 Å². The van der Waals surface area contributed by atoms with Gasteiger partial charge < -0.3 is 15.1 Å². The summed E-state index contributed by atoms with van der Waals surface area (Å²) in [6, 6.07) is 12.2. The Kier molecular flexibility index (Phi) is 6.63. The van der Waals surface area contributed by atoms with E-state index in [1.165, 1.54) is 5.56 Å². The van der Waals surface area contributed by atoms with Crippen molar-refractivity contribution in [1.29, 1.82) is 0 Å². The van der Waals surface area contributed by atoms with E-state index >= 15 is 0 Å². The van der Waals surface area contributed by atoms with Gasteiger partial charge in [-0.3, -0.25) is 4.79 Å². The number of anilines is 2. The quantitative estimate of drug-likeness (QED) is 0.814. The second-order valence-corrected chi connectivity index (χ2v) is 6.90. The summed E-state index contributed by atoms with van der Waals surface area (Å²) < 4.78 is 0. The van der Waals surface area contributed by atoms with Gasteiger partial charge in [-0.05, 0) is 32.3 Å². The molecule has 6 heteroatoms. The largest absolute Gasteiger partial charge is 0.366 e. The normalized spacial score (nSPS) is 16.8. The Morgan fingerprint density at radius 2 is 2.00 bits per heavy atom. The van der Waals surface area contributed by atoms with Gasteiger partial charge in [-0.2, -0.15) is 0 Å². The monoisotopic (exact) mass is 367 g/mol. The van der Waals surface area contributed by atoms with E-state index in [1.54, 1.807) is 6.33 Å². The van der Waals surface area contributed by atoms with Gasteiger partial charge in [0.05, 0.1) is 5.92 Å². The Bertz CT molecular complexity index is 732. The maximum atomic E-state index is 12.7. The number of piperidine rings is 1. The summed E-state index contributed by atoms with van der Waals surface area (Å²) in [4.78, 5) is 25.6. The fourth-order valence-electron chi connectivity index (χ4n) is 3.59. The van der Waals surface area contributed by atoms with Crippen molar-refractivity contribution in [2.45, 2.75) is 33.2 Å². The summed E-state index contributed by atoms with van der Waals surface area (Å²) >= 11 is 0. The molecule has 1 atom stereocenters. The molecule has 1 saturated heterocycles. The lowest BCUT2D eigenvalue weighted by Crippen LogP contribution is -2.45. The van der Waals surface area contributed by atoms with Crippen molar-refractivity contribution in [1.82, 2.24) is 14.9 Å². The summed E-state index contributed by atoms with van der Waals surface area (Å²) in [6.45, 7) is 8.00. The summed E-state index contributed by atoms with van der Waals surface area (Å²) in [5.41, 5.74) is 1.21. The average Bonchev–Trinajstić information content (AvgIpc) is 2.74. The van der Waals surface area contributed by atoms with Gasteiger partial charge in [0.25, 0.3) is 0 Å². The zero-order chi connectivity index (χ0) is 19.1. The van der Waals surface area contributed by atoms with E-state index < -0.39 is 0 Å². The first kappa shape index (κ1) is 19.1. The number of carbonyl (C=O) groups is 1. The lowest BCUT2D eigenvalue weighted by Gasteiger charge is -2.35. The molecule has 1 fully saturated rings. The molecule has 6 nitrogen and oxygen atoms in total. The van der Waals surface area contributed by atoms with Gasteiger partial charge in [-0.1, -0.05) is 30.3 Å². The Hall–Kier alpha value is -2.63. The van der Waals surface area contributed by atoms with E-state index in [0.717, 1.165) is 57.2 Å². The maximum Gasteiger partial charge on any atom is 0.227 e. The molecule has 0 saturated carbocycles. The zero-order valence-corrected chi connectivity index (χ0v) is 16.3. The van der Waals surface area contributed by atoms with Crippen LogP contribution in [0.1, 0.15) is 32.3 Å². The summed E-state index contributed by atoms with van der Waals surface area (Å²) in [5, 5.41) is 3.36. The van der Waals surface area contributed by atoms with Crippen molar-refractivity contribution < 1.29 is 4.79 Å². The molecule has 1 aromatic carbocycles. The minimum Gasteiger partial charge on any atom is -0.366 e. The van der Waals surface area contributed by atoms with Crippen LogP contribution in [0.15, 0.2) is 42.7 Å². The lowest BCUT2D eigenvalue weighted by atomic mass is 9.96. The maximum absolute atomic E-state index is 12.7. The molecule has 1 aliphatic heterocycles. The highest BCUT2D eigenvalue weighted by Gasteiger charge is 2.29. The zero-order valence-electron chi connectivity index (χ0n) is 16.3. The molecule has 1 N–H and O–H groups in total. The first-order chi connectivity index (χ1) is 13.2. The molecule has 1 aromatic heterocycles. The van der Waals surface area contributed by atoms with Crippen LogP contribution in [0.2, 0.25) is 0 Å². The Labute approximate surface area is 161 Å². The molecule has 2 aromatic rings. The molecule has 1 aliphatic rings. The third-order valence-electron chi connectivity index (χ3n) is 5.14. The molecule has 2 heterocycles. The fourth-order valence-corrected chi connectivity index (χ4v) is 3.59. The van der Waals surface area contributed by atoms with Crippen molar-refractivity contribution in [2.24, 2.45) is 5.92 Å². The number of nitrogens with zero attached hydrogens (tertiary/aromatic N) is 4. The minimum atomic E-state index is 0.0503. The van der Waals surface area contributed by atoms with Crippen LogP contribution in [0.25, 0.3) is 0 Å². The molecular formula is C21H29N5O. The summed E-state index contributed by atoms with van der Waals surface area (Å²) in [5.74, 6) is 2.01. The van der Waals surface area contributed by atoms with E-state index in [1.807, 2.05) is 43.0 Å². The van der Waals surface area contributed by atoms with Crippen molar-refractivity contribution in [2.75, 3.05) is 36.4 Å². The summed E-state index contributed by atoms with van der Waals surface area (Å²) in [7, 11) is 0. The number of hydrogen-bond acceptors (Lipinski definition) is 5. The highest BCUT2D eigenvalue weighted by atomic mass is 16.2. The molecule has 27 heavy (non-hydrogen) atoms. The highest BCUT2D eigenvalue weighted by molar-refractivity contribution is 5.79. The number of nitrogens with one attached hydrogen (secondary N) is 1. The molecule has 3 rings (SSSR count). The van der Waals surface area contributed by atoms with Gasteiger partial charge in [0.2, 0.25) is 5.91 Å². The van der Waals surface area contributed by atoms with Crippen LogP contribution in [-0.2, 0) is 11.3 Å². The van der Waals surface area contributed by atoms with Crippen LogP contribution >= 0.6 is 0 Å². The number of rotatable bonds is 7. The fraction of sp³-hybridized carbons (Fsp3) is 0.476. The Morgan fingerprint density at radius 3 is 2.74 bits per heavy atom. The standard InChI is InChI=1S/C21H29N5O/c1-3-25(4-2)21(27)18-11-8-12-26(15-18)20-13-19(23-16-24-20)22-14-17-9-6-5-7-10-17/h5-7,9-10,13,16,18H,3-4,8,11-12,14-15H2,1-2H3,(H,22,23,24). The van der Waals surface area contributed by atoms with Crippen LogP contribution in [0, 0.1) is 5.92 Å².